The Labute approximate surface area is 181 Å². The molecule has 0 bridgehead atoms. The number of nitrogens with two attached hydrogens (primary N) is 1. The summed E-state index contributed by atoms with van der Waals surface area (Å²) in [6.07, 6.45) is 6.05. The van der Waals surface area contributed by atoms with E-state index < -0.39 is 0 Å². The minimum Gasteiger partial charge on any atom is -0.368 e. The van der Waals surface area contributed by atoms with E-state index in [-0.39, 0.29) is 6.04 Å². The fourth-order valence-corrected chi connectivity index (χ4v) is 4.24. The first-order valence-electron chi connectivity index (χ1n) is 9.51. The number of halogens is 2. The van der Waals surface area contributed by atoms with Gasteiger partial charge in [-0.15, -0.1) is 0 Å². The second-order valence-electron chi connectivity index (χ2n) is 7.20. The Hall–Kier alpha value is -1.05. The third-order valence-electron chi connectivity index (χ3n) is 5.13. The maximum Gasteiger partial charge on any atom is 0.140 e. The number of anilines is 1. The number of piperidine rings is 1. The van der Waals surface area contributed by atoms with E-state index in [1.54, 1.807) is 18.0 Å². The molecule has 152 valence electrons. The van der Waals surface area contributed by atoms with Crippen LogP contribution in [-0.4, -0.2) is 46.8 Å². The molecule has 1 saturated heterocycles. The molecule has 0 spiro atoms. The summed E-state index contributed by atoms with van der Waals surface area (Å²) >= 11 is 13.8. The minimum absolute atomic E-state index is 0.117. The standard InChI is InChI=1S/C20H27Cl2N5S/c1-28-13-20-24-7-4-19(26-20)25-11-18(23)15-5-8-27(9-6-15)12-14-2-3-16(21)17(22)10-14/h2-4,7,10,15,18H,5-6,8-9,11-13,23H2,1H3,(H,24,25,26). The Morgan fingerprint density at radius 2 is 2.04 bits per heavy atom. The Balaban J connectivity index is 1.43. The number of thioether (sulfide) groups is 1. The van der Waals surface area contributed by atoms with E-state index in [0.717, 1.165) is 56.4 Å². The van der Waals surface area contributed by atoms with Crippen LogP contribution in [0.1, 0.15) is 24.2 Å². The molecule has 1 aliphatic rings. The average molecular weight is 440 g/mol. The fourth-order valence-electron chi connectivity index (χ4n) is 3.52. The molecule has 1 aromatic carbocycles. The zero-order valence-electron chi connectivity index (χ0n) is 16.1. The maximum absolute atomic E-state index is 6.47. The number of rotatable bonds is 8. The zero-order chi connectivity index (χ0) is 19.9. The molecule has 1 atom stereocenters. The summed E-state index contributed by atoms with van der Waals surface area (Å²) in [5.74, 6) is 3.04. The van der Waals surface area contributed by atoms with Crippen molar-refractivity contribution in [1.82, 2.24) is 14.9 Å². The third-order valence-corrected chi connectivity index (χ3v) is 6.41. The third kappa shape index (κ3) is 6.22. The molecule has 1 unspecified atom stereocenters. The van der Waals surface area contributed by atoms with E-state index in [9.17, 15) is 0 Å². The highest BCUT2D eigenvalue weighted by atomic mass is 35.5. The van der Waals surface area contributed by atoms with Crippen LogP contribution < -0.4 is 11.1 Å². The quantitative estimate of drug-likeness (QED) is 0.638. The van der Waals surface area contributed by atoms with E-state index >= 15 is 0 Å². The second kappa shape index (κ2) is 10.6. The SMILES string of the molecule is CSCc1nccc(NCC(N)C2CCN(Cc3ccc(Cl)c(Cl)c3)CC2)n1. The first-order chi connectivity index (χ1) is 13.5. The van der Waals surface area contributed by atoms with Crippen molar-refractivity contribution in [2.24, 2.45) is 11.7 Å². The Morgan fingerprint density at radius 3 is 2.75 bits per heavy atom. The monoisotopic (exact) mass is 439 g/mol. The molecule has 0 radical (unpaired) electrons. The van der Waals surface area contributed by atoms with E-state index in [1.807, 2.05) is 30.5 Å². The molecule has 5 nitrogen and oxygen atoms in total. The number of nitrogens with zero attached hydrogens (tertiary/aromatic N) is 3. The lowest BCUT2D eigenvalue weighted by atomic mass is 9.89. The van der Waals surface area contributed by atoms with E-state index in [4.69, 9.17) is 28.9 Å². The van der Waals surface area contributed by atoms with Crippen LogP contribution in [-0.2, 0) is 12.3 Å². The highest BCUT2D eigenvalue weighted by Gasteiger charge is 2.24. The van der Waals surface area contributed by atoms with E-state index in [1.165, 1.54) is 5.56 Å². The first kappa shape index (κ1) is 21.7. The fraction of sp³-hybridized carbons (Fsp3) is 0.500. The van der Waals surface area contributed by atoms with Gasteiger partial charge in [0.05, 0.1) is 15.8 Å². The Morgan fingerprint density at radius 1 is 1.25 bits per heavy atom. The average Bonchev–Trinajstić information content (AvgIpc) is 2.70. The Bertz CT molecular complexity index is 768. The molecule has 2 aromatic rings. The van der Waals surface area contributed by atoms with Crippen molar-refractivity contribution in [3.8, 4) is 0 Å². The summed E-state index contributed by atoms with van der Waals surface area (Å²) in [6.45, 7) is 3.72. The van der Waals surface area contributed by atoms with Crippen LogP contribution >= 0.6 is 35.0 Å². The minimum atomic E-state index is 0.117. The van der Waals surface area contributed by atoms with Gasteiger partial charge in [-0.1, -0.05) is 29.3 Å². The zero-order valence-corrected chi connectivity index (χ0v) is 18.4. The van der Waals surface area contributed by atoms with Gasteiger partial charge in [0, 0.05) is 25.3 Å². The summed E-state index contributed by atoms with van der Waals surface area (Å²) < 4.78 is 0. The maximum atomic E-state index is 6.47. The molecule has 1 fully saturated rings. The predicted molar refractivity (Wildman–Crippen MR) is 120 cm³/mol. The summed E-state index contributed by atoms with van der Waals surface area (Å²) in [6, 6.07) is 7.88. The van der Waals surface area contributed by atoms with E-state index in [0.29, 0.717) is 16.0 Å². The number of nitrogens with one attached hydrogen (secondary N) is 1. The molecule has 3 N–H and O–H groups in total. The molecule has 0 saturated carbocycles. The van der Waals surface area contributed by atoms with Crippen molar-refractivity contribution >= 4 is 40.8 Å². The summed E-state index contributed by atoms with van der Waals surface area (Å²) in [5.41, 5.74) is 7.66. The number of benzene rings is 1. The molecule has 0 aliphatic carbocycles. The van der Waals surface area contributed by atoms with Gasteiger partial charge in [0.25, 0.3) is 0 Å². The largest absolute Gasteiger partial charge is 0.368 e. The van der Waals surface area contributed by atoms with Crippen molar-refractivity contribution in [3.05, 3.63) is 51.9 Å². The molecule has 28 heavy (non-hydrogen) atoms. The van der Waals surface area contributed by atoms with Crippen molar-refractivity contribution < 1.29 is 0 Å². The van der Waals surface area contributed by atoms with E-state index in [2.05, 4.69) is 20.2 Å². The topological polar surface area (TPSA) is 67.1 Å². The van der Waals surface area contributed by atoms with Gasteiger partial charge < -0.3 is 11.1 Å². The van der Waals surface area contributed by atoms with Crippen LogP contribution in [0.3, 0.4) is 0 Å². The lowest BCUT2D eigenvalue weighted by molar-refractivity contribution is 0.164. The molecule has 3 rings (SSSR count). The van der Waals surface area contributed by atoms with Gasteiger partial charge in [0.1, 0.15) is 11.6 Å². The molecule has 1 aromatic heterocycles. The summed E-state index contributed by atoms with van der Waals surface area (Å²) in [7, 11) is 0. The van der Waals surface area contributed by atoms with Crippen molar-refractivity contribution in [2.45, 2.75) is 31.2 Å². The van der Waals surface area contributed by atoms with Gasteiger partial charge in [-0.2, -0.15) is 11.8 Å². The van der Waals surface area contributed by atoms with Crippen LogP contribution in [0.5, 0.6) is 0 Å². The summed E-state index contributed by atoms with van der Waals surface area (Å²) in [4.78, 5) is 11.3. The predicted octanol–water partition coefficient (Wildman–Crippen LogP) is 4.30. The van der Waals surface area contributed by atoms with Gasteiger partial charge in [-0.3, -0.25) is 4.90 Å². The smallest absolute Gasteiger partial charge is 0.140 e. The molecule has 0 amide bonds. The second-order valence-corrected chi connectivity index (χ2v) is 8.88. The normalized spacial score (nSPS) is 16.9. The van der Waals surface area contributed by atoms with Gasteiger partial charge in [0.15, 0.2) is 0 Å². The van der Waals surface area contributed by atoms with Crippen LogP contribution in [0.25, 0.3) is 0 Å². The van der Waals surface area contributed by atoms with Crippen LogP contribution in [0.2, 0.25) is 10.0 Å². The molecule has 1 aliphatic heterocycles. The first-order valence-corrected chi connectivity index (χ1v) is 11.7. The van der Waals surface area contributed by atoms with Crippen molar-refractivity contribution in [3.63, 3.8) is 0 Å². The number of hydrogen-bond donors (Lipinski definition) is 2. The van der Waals surface area contributed by atoms with Crippen molar-refractivity contribution in [2.75, 3.05) is 31.2 Å². The van der Waals surface area contributed by atoms with Gasteiger partial charge in [-0.05, 0) is 61.9 Å². The number of hydrogen-bond acceptors (Lipinski definition) is 6. The molecular weight excluding hydrogens is 413 g/mol. The van der Waals surface area contributed by atoms with Crippen LogP contribution in [0.4, 0.5) is 5.82 Å². The highest BCUT2D eigenvalue weighted by Crippen LogP contribution is 2.25. The lowest BCUT2D eigenvalue weighted by Gasteiger charge is -2.35. The molecule has 2 heterocycles. The van der Waals surface area contributed by atoms with Gasteiger partial charge in [0.2, 0.25) is 0 Å². The summed E-state index contributed by atoms with van der Waals surface area (Å²) in [5, 5.41) is 4.60. The van der Waals surface area contributed by atoms with Gasteiger partial charge >= 0.3 is 0 Å². The Kier molecular flexibility index (Phi) is 8.23. The lowest BCUT2D eigenvalue weighted by Crippen LogP contribution is -2.43. The highest BCUT2D eigenvalue weighted by molar-refractivity contribution is 7.97. The van der Waals surface area contributed by atoms with Crippen LogP contribution in [0.15, 0.2) is 30.5 Å². The molecule has 8 heteroatoms. The van der Waals surface area contributed by atoms with Crippen LogP contribution in [0, 0.1) is 5.92 Å². The number of aromatic nitrogens is 2. The van der Waals surface area contributed by atoms with Gasteiger partial charge in [-0.25, -0.2) is 9.97 Å². The molecular formula is C20H27Cl2N5S. The van der Waals surface area contributed by atoms with Crippen molar-refractivity contribution in [1.29, 1.82) is 0 Å². The number of likely N-dealkylation sites (tertiary alicyclic amines) is 1.